The lowest BCUT2D eigenvalue weighted by atomic mass is 10.1. The molecule has 0 saturated carbocycles. The molecule has 0 fully saturated rings. The maximum absolute atomic E-state index is 6.02. The van der Waals surface area contributed by atoms with Gasteiger partial charge in [0.15, 0.2) is 11.5 Å². The van der Waals surface area contributed by atoms with Gasteiger partial charge in [-0.05, 0) is 30.9 Å². The summed E-state index contributed by atoms with van der Waals surface area (Å²) in [7, 11) is 1.69. The minimum atomic E-state index is 0.628. The smallest absolute Gasteiger partial charge is 0.165 e. The Hall–Kier alpha value is -2.00. The number of para-hydroxylation sites is 1. The number of nitrogens with one attached hydrogen (secondary N) is 1. The van der Waals surface area contributed by atoms with Crippen LogP contribution in [0.15, 0.2) is 42.5 Å². The summed E-state index contributed by atoms with van der Waals surface area (Å²) in [6.45, 7) is 8.81. The van der Waals surface area contributed by atoms with Crippen molar-refractivity contribution >= 4 is 0 Å². The van der Waals surface area contributed by atoms with Gasteiger partial charge in [0.1, 0.15) is 0 Å². The maximum Gasteiger partial charge on any atom is 0.165 e. The second kappa shape index (κ2) is 9.33. The van der Waals surface area contributed by atoms with E-state index < -0.39 is 0 Å². The molecule has 0 bridgehead atoms. The fourth-order valence-electron chi connectivity index (χ4n) is 2.47. The van der Waals surface area contributed by atoms with E-state index in [2.05, 4.69) is 56.4 Å². The maximum atomic E-state index is 6.02. The molecule has 2 rings (SSSR count). The molecule has 0 radical (unpaired) electrons. The Balaban J connectivity index is 1.98. The van der Waals surface area contributed by atoms with Crippen molar-refractivity contribution in [1.29, 1.82) is 0 Å². The van der Waals surface area contributed by atoms with Crippen molar-refractivity contribution in [3.05, 3.63) is 59.2 Å². The predicted molar refractivity (Wildman–Crippen MR) is 99.7 cm³/mol. The summed E-state index contributed by atoms with van der Waals surface area (Å²) in [5, 5.41) is 3.49. The molecule has 3 heteroatoms. The van der Waals surface area contributed by atoms with E-state index in [9.17, 15) is 0 Å². The largest absolute Gasteiger partial charge is 0.493 e. The van der Waals surface area contributed by atoms with Crippen LogP contribution in [0.5, 0.6) is 11.5 Å². The lowest BCUT2D eigenvalue weighted by molar-refractivity contribution is 0.269. The zero-order valence-electron chi connectivity index (χ0n) is 15.3. The Morgan fingerprint density at radius 1 is 1.00 bits per heavy atom. The molecular formula is C21H29NO2. The molecule has 0 aliphatic carbocycles. The minimum absolute atomic E-state index is 0.628. The highest BCUT2D eigenvalue weighted by atomic mass is 16.5. The zero-order chi connectivity index (χ0) is 17.4. The van der Waals surface area contributed by atoms with Gasteiger partial charge >= 0.3 is 0 Å². The van der Waals surface area contributed by atoms with Crippen LogP contribution in [0.2, 0.25) is 0 Å². The summed E-state index contributed by atoms with van der Waals surface area (Å²) in [5.41, 5.74) is 3.70. The zero-order valence-corrected chi connectivity index (χ0v) is 15.3. The fourth-order valence-corrected chi connectivity index (χ4v) is 2.47. The van der Waals surface area contributed by atoms with Crippen LogP contribution < -0.4 is 14.8 Å². The SMILES string of the molecule is COc1cccc(CNCc2ccc(C)cc2)c1OCCC(C)C. The minimum Gasteiger partial charge on any atom is -0.493 e. The fraction of sp³-hybridized carbons (Fsp3) is 0.429. The number of aryl methyl sites for hydroxylation is 1. The van der Waals surface area contributed by atoms with E-state index in [4.69, 9.17) is 9.47 Å². The Labute approximate surface area is 146 Å². The standard InChI is InChI=1S/C21H29NO2/c1-16(2)12-13-24-21-19(6-5-7-20(21)23-4)15-22-14-18-10-8-17(3)9-11-18/h5-11,16,22H,12-15H2,1-4H3. The van der Waals surface area contributed by atoms with Crippen molar-refractivity contribution in [2.24, 2.45) is 5.92 Å². The quantitative estimate of drug-likeness (QED) is 0.723. The van der Waals surface area contributed by atoms with Crippen LogP contribution >= 0.6 is 0 Å². The van der Waals surface area contributed by atoms with Crippen LogP contribution in [0, 0.1) is 12.8 Å². The molecule has 24 heavy (non-hydrogen) atoms. The Bertz CT molecular complexity index is 620. The summed E-state index contributed by atoms with van der Waals surface area (Å²) in [6, 6.07) is 14.7. The van der Waals surface area contributed by atoms with Crippen LogP contribution in [0.3, 0.4) is 0 Å². The first-order valence-electron chi connectivity index (χ1n) is 8.65. The average Bonchev–Trinajstić information content (AvgIpc) is 2.57. The molecule has 0 saturated heterocycles. The Morgan fingerprint density at radius 3 is 2.42 bits per heavy atom. The van der Waals surface area contributed by atoms with Gasteiger partial charge in [-0.1, -0.05) is 55.8 Å². The van der Waals surface area contributed by atoms with Crippen LogP contribution in [0.25, 0.3) is 0 Å². The second-order valence-corrected chi connectivity index (χ2v) is 6.57. The monoisotopic (exact) mass is 327 g/mol. The van der Waals surface area contributed by atoms with Gasteiger partial charge in [-0.25, -0.2) is 0 Å². The van der Waals surface area contributed by atoms with Crippen molar-refractivity contribution in [3.8, 4) is 11.5 Å². The van der Waals surface area contributed by atoms with Gasteiger partial charge in [-0.3, -0.25) is 0 Å². The normalized spacial score (nSPS) is 10.9. The number of methoxy groups -OCH3 is 1. The number of benzene rings is 2. The molecular weight excluding hydrogens is 298 g/mol. The van der Waals surface area contributed by atoms with Crippen molar-refractivity contribution in [3.63, 3.8) is 0 Å². The topological polar surface area (TPSA) is 30.5 Å². The van der Waals surface area contributed by atoms with Crippen LogP contribution in [0.4, 0.5) is 0 Å². The summed E-state index contributed by atoms with van der Waals surface area (Å²) in [5.74, 6) is 2.29. The molecule has 0 atom stereocenters. The van der Waals surface area contributed by atoms with E-state index in [1.165, 1.54) is 11.1 Å². The molecule has 0 amide bonds. The summed E-state index contributed by atoms with van der Waals surface area (Å²) in [4.78, 5) is 0. The Kier molecular flexibility index (Phi) is 7.13. The lowest BCUT2D eigenvalue weighted by Crippen LogP contribution is -2.14. The molecule has 0 unspecified atom stereocenters. The van der Waals surface area contributed by atoms with Gasteiger partial charge in [-0.2, -0.15) is 0 Å². The molecule has 1 N–H and O–H groups in total. The third-order valence-electron chi connectivity index (χ3n) is 3.99. The van der Waals surface area contributed by atoms with Gasteiger partial charge in [-0.15, -0.1) is 0 Å². The molecule has 130 valence electrons. The van der Waals surface area contributed by atoms with E-state index in [1.54, 1.807) is 7.11 Å². The summed E-state index contributed by atoms with van der Waals surface area (Å²) >= 11 is 0. The van der Waals surface area contributed by atoms with Gasteiger partial charge in [0.05, 0.1) is 13.7 Å². The number of rotatable bonds is 9. The summed E-state index contributed by atoms with van der Waals surface area (Å²) in [6.07, 6.45) is 1.04. The van der Waals surface area contributed by atoms with Gasteiger partial charge in [0.2, 0.25) is 0 Å². The van der Waals surface area contributed by atoms with Gasteiger partial charge in [0.25, 0.3) is 0 Å². The molecule has 2 aromatic rings. The van der Waals surface area contributed by atoms with Crippen molar-refractivity contribution in [2.45, 2.75) is 40.3 Å². The third-order valence-corrected chi connectivity index (χ3v) is 3.99. The van der Waals surface area contributed by atoms with E-state index in [0.717, 1.165) is 36.6 Å². The predicted octanol–water partition coefficient (Wildman–Crippen LogP) is 4.72. The molecule has 0 aliphatic heterocycles. The van der Waals surface area contributed by atoms with Crippen LogP contribution in [-0.4, -0.2) is 13.7 Å². The number of hydrogen-bond acceptors (Lipinski definition) is 3. The third kappa shape index (κ3) is 5.57. The van der Waals surface area contributed by atoms with E-state index in [0.29, 0.717) is 12.5 Å². The average molecular weight is 327 g/mol. The van der Waals surface area contributed by atoms with Crippen LogP contribution in [-0.2, 0) is 13.1 Å². The van der Waals surface area contributed by atoms with Crippen LogP contribution in [0.1, 0.15) is 37.0 Å². The molecule has 0 heterocycles. The highest BCUT2D eigenvalue weighted by Crippen LogP contribution is 2.31. The molecule has 0 aliphatic rings. The molecule has 2 aromatic carbocycles. The molecule has 3 nitrogen and oxygen atoms in total. The number of ether oxygens (including phenoxy) is 2. The molecule has 0 aromatic heterocycles. The van der Waals surface area contributed by atoms with Gasteiger partial charge in [0, 0.05) is 18.7 Å². The lowest BCUT2D eigenvalue weighted by Gasteiger charge is -2.16. The van der Waals surface area contributed by atoms with E-state index in [-0.39, 0.29) is 0 Å². The van der Waals surface area contributed by atoms with E-state index >= 15 is 0 Å². The highest BCUT2D eigenvalue weighted by molar-refractivity contribution is 5.46. The number of hydrogen-bond donors (Lipinski definition) is 1. The second-order valence-electron chi connectivity index (χ2n) is 6.57. The highest BCUT2D eigenvalue weighted by Gasteiger charge is 2.10. The van der Waals surface area contributed by atoms with Crippen molar-refractivity contribution in [1.82, 2.24) is 5.32 Å². The summed E-state index contributed by atoms with van der Waals surface area (Å²) < 4.78 is 11.5. The Morgan fingerprint density at radius 2 is 1.75 bits per heavy atom. The van der Waals surface area contributed by atoms with Crippen molar-refractivity contribution in [2.75, 3.05) is 13.7 Å². The first-order valence-corrected chi connectivity index (χ1v) is 8.65. The van der Waals surface area contributed by atoms with Gasteiger partial charge < -0.3 is 14.8 Å². The van der Waals surface area contributed by atoms with Crippen molar-refractivity contribution < 1.29 is 9.47 Å². The van der Waals surface area contributed by atoms with E-state index in [1.807, 2.05) is 12.1 Å². The first kappa shape index (κ1) is 18.3. The first-order chi connectivity index (χ1) is 11.6. The molecule has 0 spiro atoms.